The van der Waals surface area contributed by atoms with Crippen LogP contribution in [0.25, 0.3) is 0 Å². The SMILES string of the molecule is CCC(C)C1OC2(CC3CC(C/C=C(\C)[C@@H](OC4C[C@@H](OC)[C@H](O[C@H]5C[C@H](OC)[C@H](N)[C@H](C)O5)[C@@H](C)O4)C(C)/C=C/C=C4\COC5/C(=N/O)C(C)=CC(C(=O)O3)[C@]45O)O2)CC(O)[C@H]1C. The molecule has 0 saturated carbocycles. The van der Waals surface area contributed by atoms with Crippen LogP contribution >= 0.6 is 0 Å². The normalized spacial score (nSPS) is 48.9. The van der Waals surface area contributed by atoms with Crippen LogP contribution in [0.1, 0.15) is 100 Å². The lowest BCUT2D eigenvalue weighted by Crippen LogP contribution is -2.59. The third kappa shape index (κ3) is 9.86. The molecule has 6 aliphatic heterocycles. The molecule has 6 heterocycles. The van der Waals surface area contributed by atoms with E-state index in [0.717, 1.165) is 12.0 Å². The number of nitrogens with two attached hydrogens (primary N) is 1. The van der Waals surface area contributed by atoms with Crippen molar-refractivity contribution in [1.82, 2.24) is 0 Å². The van der Waals surface area contributed by atoms with Gasteiger partial charge in [-0.25, -0.2) is 0 Å². The summed E-state index contributed by atoms with van der Waals surface area (Å²) in [7, 11) is 3.30. The number of rotatable bonds is 8. The minimum absolute atomic E-state index is 0.00871. The smallest absolute Gasteiger partial charge is 0.316 e. The van der Waals surface area contributed by atoms with Gasteiger partial charge in [-0.05, 0) is 56.8 Å². The van der Waals surface area contributed by atoms with Crippen LogP contribution in [0.15, 0.2) is 52.3 Å². The highest BCUT2D eigenvalue weighted by molar-refractivity contribution is 6.06. The fourth-order valence-corrected chi connectivity index (χ4v) is 11.0. The van der Waals surface area contributed by atoms with Crippen molar-refractivity contribution in [3.05, 3.63) is 47.1 Å². The molecule has 7 rings (SSSR count). The van der Waals surface area contributed by atoms with Crippen LogP contribution in [0, 0.1) is 23.7 Å². The minimum Gasteiger partial charge on any atom is -0.462 e. The number of oxime groups is 1. The zero-order valence-electron chi connectivity index (χ0n) is 39.3. The molecule has 0 aromatic heterocycles. The van der Waals surface area contributed by atoms with Gasteiger partial charge in [0, 0.05) is 58.2 Å². The van der Waals surface area contributed by atoms with Crippen molar-refractivity contribution >= 4 is 11.7 Å². The molecule has 0 aromatic rings. The molecule has 20 atom stereocenters. The van der Waals surface area contributed by atoms with Gasteiger partial charge >= 0.3 is 5.97 Å². The summed E-state index contributed by atoms with van der Waals surface area (Å²) < 4.78 is 64.1. The second-order valence-electron chi connectivity index (χ2n) is 19.5. The Morgan fingerprint density at radius 1 is 0.969 bits per heavy atom. The van der Waals surface area contributed by atoms with Gasteiger partial charge in [0.15, 0.2) is 18.4 Å². The summed E-state index contributed by atoms with van der Waals surface area (Å²) in [5.74, 6) is -3.24. The molecule has 5 N–H and O–H groups in total. The fourth-order valence-electron chi connectivity index (χ4n) is 11.0. The van der Waals surface area contributed by atoms with Crippen LogP contribution in [0.2, 0.25) is 0 Å². The van der Waals surface area contributed by atoms with Gasteiger partial charge in [0.1, 0.15) is 35.5 Å². The highest BCUT2D eigenvalue weighted by atomic mass is 16.7. The largest absolute Gasteiger partial charge is 0.462 e. The molecule has 360 valence electrons. The Hall–Kier alpha value is -2.58. The first-order valence-electron chi connectivity index (χ1n) is 23.4. The van der Waals surface area contributed by atoms with Crippen molar-refractivity contribution in [2.75, 3.05) is 20.8 Å². The number of nitrogens with zero attached hydrogens (tertiary/aromatic N) is 1. The van der Waals surface area contributed by atoms with Gasteiger partial charge in [0.05, 0.1) is 61.5 Å². The fraction of sp³-hybridized carbons (Fsp3) is 0.792. The zero-order valence-corrected chi connectivity index (χ0v) is 39.3. The Kier molecular flexibility index (Phi) is 15.7. The lowest BCUT2D eigenvalue weighted by Gasteiger charge is -2.52. The average Bonchev–Trinajstić information content (AvgIpc) is 3.59. The molecule has 10 unspecified atom stereocenters. The van der Waals surface area contributed by atoms with Crippen LogP contribution in [-0.2, 0) is 52.2 Å². The minimum atomic E-state index is -1.90. The number of ether oxygens (including phenoxy) is 10. The number of hydrogen-bond acceptors (Lipinski definition) is 16. The molecule has 7 aliphatic rings. The number of carbonyl (C=O) groups is 1. The van der Waals surface area contributed by atoms with E-state index in [9.17, 15) is 20.2 Å². The van der Waals surface area contributed by atoms with E-state index in [0.29, 0.717) is 36.8 Å². The molecule has 0 aromatic carbocycles. The standard InChI is InChI=1S/C48H74N2O14/c1-11-24(2)43-28(6)35(51)22-47(64-43)21-33-18-32(63-47)16-15-26(4)42(61-39-20-37(56-10)44(30(8)59-39)62-38-19-36(55-9)40(49)29(7)58-38)25(3)13-12-14-31-23-57-45-41(50-54)27(5)17-34(46(52)60-33)48(31,45)53/h12-15,17,24-25,28-30,32-40,42-45,51,53-54H,11,16,18-23,49H2,1-10H3/b13-12+,26-15+,31-14+,50-41+/t24?,25?,28-,29+,30-,32?,33?,34?,35?,36+,37-,38+,39?,40-,42+,43?,44-,45?,47?,48-/m1/s1. The highest BCUT2D eigenvalue weighted by Gasteiger charge is 2.60. The molecule has 2 bridgehead atoms. The molecule has 0 amide bonds. The van der Waals surface area contributed by atoms with Crippen molar-refractivity contribution in [1.29, 1.82) is 0 Å². The molecular weight excluding hydrogens is 829 g/mol. The quantitative estimate of drug-likeness (QED) is 0.109. The van der Waals surface area contributed by atoms with Crippen molar-refractivity contribution < 1.29 is 67.6 Å². The predicted molar refractivity (Wildman–Crippen MR) is 234 cm³/mol. The van der Waals surface area contributed by atoms with Gasteiger partial charge in [0.25, 0.3) is 0 Å². The molecule has 16 heteroatoms. The van der Waals surface area contributed by atoms with Crippen LogP contribution in [0.5, 0.6) is 0 Å². The van der Waals surface area contributed by atoms with Crippen molar-refractivity contribution in [2.45, 2.75) is 197 Å². The molecule has 1 spiro atoms. The monoisotopic (exact) mass is 903 g/mol. The maximum atomic E-state index is 14.5. The van der Waals surface area contributed by atoms with E-state index in [4.69, 9.17) is 53.1 Å². The molecular formula is C48H74N2O14. The summed E-state index contributed by atoms with van der Waals surface area (Å²) >= 11 is 0. The lowest BCUT2D eigenvalue weighted by atomic mass is 9.71. The summed E-state index contributed by atoms with van der Waals surface area (Å²) in [6, 6.07) is -0.269. The maximum Gasteiger partial charge on any atom is 0.316 e. The Bertz CT molecular complexity index is 1800. The number of carbonyl (C=O) groups excluding carboxylic acids is 1. The molecule has 16 nitrogen and oxygen atoms in total. The summed E-state index contributed by atoms with van der Waals surface area (Å²) in [5, 5.41) is 37.7. The Morgan fingerprint density at radius 2 is 1.67 bits per heavy atom. The van der Waals surface area contributed by atoms with E-state index < -0.39 is 78.6 Å². The number of aliphatic hydroxyl groups excluding tert-OH is 1. The summed E-state index contributed by atoms with van der Waals surface area (Å²) in [4.78, 5) is 14.5. The number of esters is 1. The third-order valence-electron chi connectivity index (χ3n) is 15.1. The van der Waals surface area contributed by atoms with E-state index in [1.807, 2.05) is 46.8 Å². The van der Waals surface area contributed by atoms with Gasteiger partial charge in [-0.3, -0.25) is 4.79 Å². The van der Waals surface area contributed by atoms with E-state index >= 15 is 0 Å². The number of aliphatic hydroxyl groups is 2. The Labute approximate surface area is 378 Å². The first-order valence-corrected chi connectivity index (χ1v) is 23.4. The van der Waals surface area contributed by atoms with Gasteiger partial charge in [-0.15, -0.1) is 0 Å². The average molecular weight is 903 g/mol. The zero-order chi connectivity index (χ0) is 46.2. The molecule has 64 heavy (non-hydrogen) atoms. The Balaban J connectivity index is 1.20. The third-order valence-corrected chi connectivity index (χ3v) is 15.1. The lowest BCUT2D eigenvalue weighted by molar-refractivity contribution is -0.354. The first kappa shape index (κ1) is 49.3. The summed E-state index contributed by atoms with van der Waals surface area (Å²) in [6.45, 7) is 15.8. The highest BCUT2D eigenvalue weighted by Crippen LogP contribution is 2.48. The number of fused-ring (bicyclic) bond motifs is 2. The van der Waals surface area contributed by atoms with Crippen LogP contribution < -0.4 is 5.73 Å². The maximum absolute atomic E-state index is 14.5. The first-order chi connectivity index (χ1) is 30.4. The van der Waals surface area contributed by atoms with E-state index in [1.54, 1.807) is 33.3 Å². The van der Waals surface area contributed by atoms with E-state index in [1.165, 1.54) is 0 Å². The molecule has 1 aliphatic carbocycles. The molecule has 0 radical (unpaired) electrons. The van der Waals surface area contributed by atoms with Crippen molar-refractivity contribution in [3.63, 3.8) is 0 Å². The number of hydrogen-bond donors (Lipinski definition) is 4. The van der Waals surface area contributed by atoms with E-state index in [2.05, 4.69) is 25.1 Å². The number of allylic oxidation sites excluding steroid dienone is 2. The van der Waals surface area contributed by atoms with Crippen molar-refractivity contribution in [3.8, 4) is 0 Å². The molecule has 5 saturated heterocycles. The second-order valence-corrected chi connectivity index (χ2v) is 19.5. The predicted octanol–water partition coefficient (Wildman–Crippen LogP) is 5.01. The number of methoxy groups -OCH3 is 2. The Morgan fingerprint density at radius 3 is 2.38 bits per heavy atom. The molecule has 5 fully saturated rings. The van der Waals surface area contributed by atoms with Crippen LogP contribution in [0.3, 0.4) is 0 Å². The summed E-state index contributed by atoms with van der Waals surface area (Å²) in [5.41, 5.74) is 6.43. The second kappa shape index (κ2) is 20.3. The topological polar surface area (TPSA) is 208 Å². The van der Waals surface area contributed by atoms with E-state index in [-0.39, 0.29) is 73.4 Å². The van der Waals surface area contributed by atoms with Crippen LogP contribution in [-0.4, -0.2) is 145 Å². The summed E-state index contributed by atoms with van der Waals surface area (Å²) in [6.07, 6.45) is 5.54. The van der Waals surface area contributed by atoms with Gasteiger partial charge in [-0.1, -0.05) is 69.7 Å². The van der Waals surface area contributed by atoms with Crippen LogP contribution in [0.4, 0.5) is 0 Å². The van der Waals surface area contributed by atoms with Crippen molar-refractivity contribution in [2.24, 2.45) is 34.6 Å². The van der Waals surface area contributed by atoms with Gasteiger partial charge < -0.3 is 68.5 Å². The van der Waals surface area contributed by atoms with Gasteiger partial charge in [0.2, 0.25) is 0 Å². The van der Waals surface area contributed by atoms with Gasteiger partial charge in [-0.2, -0.15) is 0 Å².